The van der Waals surface area contributed by atoms with Gasteiger partial charge in [-0.05, 0) is 32.9 Å². The van der Waals surface area contributed by atoms with Gasteiger partial charge >= 0.3 is 0 Å². The number of hydrogen-bond acceptors (Lipinski definition) is 7. The first-order chi connectivity index (χ1) is 14.9. The summed E-state index contributed by atoms with van der Waals surface area (Å²) in [6.45, 7) is 8.77. The van der Waals surface area contributed by atoms with E-state index in [1.165, 1.54) is 11.3 Å². The van der Waals surface area contributed by atoms with Gasteiger partial charge in [-0.2, -0.15) is 5.10 Å². The first kappa shape index (κ1) is 21.7. The van der Waals surface area contributed by atoms with E-state index < -0.39 is 0 Å². The standard InChI is InChI=1S/C21H28N6O3S/c1-14-11-17(24-25(14)3)19-15(2)23-21-27(20(19)29)16(13-31-21)12-18(28)22-5-4-6-26-7-9-30-10-8-26/h11,13H,4-10,12H2,1-3H3,(H,22,28). The zero-order valence-corrected chi connectivity index (χ0v) is 19.0. The highest BCUT2D eigenvalue weighted by Crippen LogP contribution is 2.21. The van der Waals surface area contributed by atoms with Crippen molar-refractivity contribution < 1.29 is 9.53 Å². The summed E-state index contributed by atoms with van der Waals surface area (Å²) in [5, 5.41) is 9.25. The monoisotopic (exact) mass is 444 g/mol. The summed E-state index contributed by atoms with van der Waals surface area (Å²) in [6, 6.07) is 1.88. The molecular formula is C21H28N6O3S. The van der Waals surface area contributed by atoms with Crippen LogP contribution in [0.1, 0.15) is 23.5 Å². The summed E-state index contributed by atoms with van der Waals surface area (Å²) in [5.74, 6) is -0.0932. The average molecular weight is 445 g/mol. The maximum atomic E-state index is 13.3. The lowest BCUT2D eigenvalue weighted by molar-refractivity contribution is -0.120. The molecule has 1 N–H and O–H groups in total. The van der Waals surface area contributed by atoms with E-state index in [9.17, 15) is 9.59 Å². The Hall–Kier alpha value is -2.56. The normalized spacial score (nSPS) is 14.9. The molecule has 0 aliphatic carbocycles. The third kappa shape index (κ3) is 4.70. The molecule has 4 rings (SSSR count). The quantitative estimate of drug-likeness (QED) is 0.550. The van der Waals surface area contributed by atoms with Crippen LogP contribution < -0.4 is 10.9 Å². The van der Waals surface area contributed by atoms with Crippen LogP contribution in [-0.2, 0) is 23.0 Å². The van der Waals surface area contributed by atoms with Gasteiger partial charge in [0.1, 0.15) is 0 Å². The van der Waals surface area contributed by atoms with E-state index in [0.717, 1.165) is 45.0 Å². The smallest absolute Gasteiger partial charge is 0.268 e. The Labute approximate surface area is 184 Å². The second-order valence-electron chi connectivity index (χ2n) is 7.85. The van der Waals surface area contributed by atoms with E-state index in [-0.39, 0.29) is 17.9 Å². The number of fused-ring (bicyclic) bond motifs is 1. The molecule has 0 aromatic carbocycles. The molecule has 4 heterocycles. The fraction of sp³-hybridized carbons (Fsp3) is 0.524. The second-order valence-corrected chi connectivity index (χ2v) is 8.69. The molecule has 3 aromatic rings. The van der Waals surface area contributed by atoms with Crippen molar-refractivity contribution >= 4 is 22.2 Å². The fourth-order valence-corrected chi connectivity index (χ4v) is 4.71. The molecule has 0 unspecified atom stereocenters. The van der Waals surface area contributed by atoms with Crippen LogP contribution in [0.5, 0.6) is 0 Å². The molecule has 0 spiro atoms. The number of ether oxygens (including phenoxy) is 1. The maximum Gasteiger partial charge on any atom is 0.268 e. The zero-order valence-electron chi connectivity index (χ0n) is 18.2. The molecule has 1 fully saturated rings. The van der Waals surface area contributed by atoms with Crippen LogP contribution in [-0.4, -0.2) is 69.4 Å². The number of nitrogens with one attached hydrogen (secondary N) is 1. The highest BCUT2D eigenvalue weighted by atomic mass is 32.1. The van der Waals surface area contributed by atoms with Crippen molar-refractivity contribution in [3.8, 4) is 11.3 Å². The van der Waals surface area contributed by atoms with Crippen molar-refractivity contribution in [3.05, 3.63) is 38.9 Å². The summed E-state index contributed by atoms with van der Waals surface area (Å²) < 4.78 is 8.63. The van der Waals surface area contributed by atoms with Crippen molar-refractivity contribution in [1.29, 1.82) is 0 Å². The van der Waals surface area contributed by atoms with Crippen molar-refractivity contribution in [1.82, 2.24) is 29.4 Å². The van der Waals surface area contributed by atoms with Gasteiger partial charge in [-0.3, -0.25) is 23.6 Å². The number of carbonyl (C=O) groups excluding carboxylic acids is 1. The minimum Gasteiger partial charge on any atom is -0.379 e. The van der Waals surface area contributed by atoms with Crippen LogP contribution in [0.2, 0.25) is 0 Å². The van der Waals surface area contributed by atoms with Gasteiger partial charge in [0.25, 0.3) is 5.56 Å². The average Bonchev–Trinajstić information content (AvgIpc) is 3.29. The SMILES string of the molecule is Cc1nc2scc(CC(=O)NCCCN3CCOCC3)n2c(=O)c1-c1cc(C)n(C)n1. The van der Waals surface area contributed by atoms with Gasteiger partial charge < -0.3 is 10.1 Å². The van der Waals surface area contributed by atoms with E-state index in [1.54, 1.807) is 9.08 Å². The van der Waals surface area contributed by atoms with Crippen molar-refractivity contribution in [3.63, 3.8) is 0 Å². The van der Waals surface area contributed by atoms with E-state index >= 15 is 0 Å². The van der Waals surface area contributed by atoms with Crippen molar-refractivity contribution in [2.24, 2.45) is 7.05 Å². The first-order valence-electron chi connectivity index (χ1n) is 10.5. The number of carbonyl (C=O) groups is 1. The maximum absolute atomic E-state index is 13.3. The van der Waals surface area contributed by atoms with Crippen LogP contribution in [0.3, 0.4) is 0 Å². The Morgan fingerprint density at radius 3 is 2.77 bits per heavy atom. The molecule has 0 saturated carbocycles. The molecule has 1 aliphatic rings. The van der Waals surface area contributed by atoms with Gasteiger partial charge in [0, 0.05) is 43.4 Å². The highest BCUT2D eigenvalue weighted by Gasteiger charge is 2.19. The summed E-state index contributed by atoms with van der Waals surface area (Å²) >= 11 is 1.37. The number of aryl methyl sites for hydroxylation is 3. The molecule has 0 bridgehead atoms. The Morgan fingerprint density at radius 2 is 2.06 bits per heavy atom. The minimum absolute atomic E-state index is 0.0932. The zero-order chi connectivity index (χ0) is 22.0. The molecule has 9 nitrogen and oxygen atoms in total. The lowest BCUT2D eigenvalue weighted by Gasteiger charge is -2.26. The Bertz CT molecular complexity index is 1120. The Balaban J connectivity index is 1.46. The molecule has 31 heavy (non-hydrogen) atoms. The molecule has 10 heteroatoms. The first-order valence-corrected chi connectivity index (χ1v) is 11.4. The van der Waals surface area contributed by atoms with Crippen LogP contribution in [0.15, 0.2) is 16.2 Å². The molecular weight excluding hydrogens is 416 g/mol. The highest BCUT2D eigenvalue weighted by molar-refractivity contribution is 7.15. The van der Waals surface area contributed by atoms with Crippen LogP contribution in [0, 0.1) is 13.8 Å². The van der Waals surface area contributed by atoms with Crippen LogP contribution in [0.4, 0.5) is 0 Å². The van der Waals surface area contributed by atoms with Crippen molar-refractivity contribution in [2.45, 2.75) is 26.7 Å². The number of rotatable bonds is 7. The molecule has 0 radical (unpaired) electrons. The summed E-state index contributed by atoms with van der Waals surface area (Å²) in [6.07, 6.45) is 1.03. The fourth-order valence-electron chi connectivity index (χ4n) is 3.79. The Kier molecular flexibility index (Phi) is 6.49. The van der Waals surface area contributed by atoms with Gasteiger partial charge in [-0.25, -0.2) is 4.98 Å². The number of amides is 1. The van der Waals surface area contributed by atoms with E-state index in [2.05, 4.69) is 20.3 Å². The van der Waals surface area contributed by atoms with E-state index in [0.29, 0.717) is 34.2 Å². The molecule has 166 valence electrons. The van der Waals surface area contributed by atoms with Crippen LogP contribution in [0.25, 0.3) is 16.2 Å². The van der Waals surface area contributed by atoms with Gasteiger partial charge in [-0.15, -0.1) is 11.3 Å². The number of morpholine rings is 1. The third-order valence-corrected chi connectivity index (χ3v) is 6.48. The summed E-state index contributed by atoms with van der Waals surface area (Å²) in [7, 11) is 1.84. The lowest BCUT2D eigenvalue weighted by atomic mass is 10.1. The van der Waals surface area contributed by atoms with E-state index in [4.69, 9.17) is 4.74 Å². The topological polar surface area (TPSA) is 93.8 Å². The number of aromatic nitrogens is 4. The third-order valence-electron chi connectivity index (χ3n) is 5.61. The van der Waals surface area contributed by atoms with E-state index in [1.807, 2.05) is 32.3 Å². The molecule has 0 atom stereocenters. The van der Waals surface area contributed by atoms with Gasteiger partial charge in [-0.1, -0.05) is 0 Å². The molecule has 3 aromatic heterocycles. The second kappa shape index (κ2) is 9.29. The predicted octanol–water partition coefficient (Wildman–Crippen LogP) is 1.15. The molecule has 1 amide bonds. The van der Waals surface area contributed by atoms with Gasteiger partial charge in [0.05, 0.1) is 36.6 Å². The summed E-state index contributed by atoms with van der Waals surface area (Å²) in [4.78, 5) is 33.3. The Morgan fingerprint density at radius 1 is 1.29 bits per heavy atom. The number of hydrogen-bond donors (Lipinski definition) is 1. The molecule has 1 aliphatic heterocycles. The van der Waals surface area contributed by atoms with Crippen molar-refractivity contribution in [2.75, 3.05) is 39.4 Å². The van der Waals surface area contributed by atoms with Gasteiger partial charge in [0.2, 0.25) is 5.91 Å². The number of nitrogens with zero attached hydrogens (tertiary/aromatic N) is 5. The van der Waals surface area contributed by atoms with Crippen LogP contribution >= 0.6 is 11.3 Å². The number of thiazole rings is 1. The minimum atomic E-state index is -0.183. The van der Waals surface area contributed by atoms with Gasteiger partial charge in [0.15, 0.2) is 4.96 Å². The largest absolute Gasteiger partial charge is 0.379 e. The molecule has 1 saturated heterocycles. The lowest BCUT2D eigenvalue weighted by Crippen LogP contribution is -2.38. The summed E-state index contributed by atoms with van der Waals surface area (Å²) in [5.41, 5.74) is 3.15. The predicted molar refractivity (Wildman–Crippen MR) is 120 cm³/mol.